The van der Waals surface area contributed by atoms with Crippen molar-refractivity contribution in [2.24, 2.45) is 0 Å². The first-order valence-corrected chi connectivity index (χ1v) is 8.59. The summed E-state index contributed by atoms with van der Waals surface area (Å²) in [6.07, 6.45) is 1.10. The monoisotopic (exact) mass is 324 g/mol. The van der Waals surface area contributed by atoms with Gasteiger partial charge in [-0.3, -0.25) is 0 Å². The van der Waals surface area contributed by atoms with Gasteiger partial charge in [0.25, 0.3) is 10.2 Å². The van der Waals surface area contributed by atoms with Gasteiger partial charge in [-0.15, -0.1) is 0 Å². The molecule has 1 heterocycles. The second-order valence-electron chi connectivity index (χ2n) is 5.15. The third-order valence-corrected chi connectivity index (χ3v) is 4.12. The van der Waals surface area contributed by atoms with E-state index in [4.69, 9.17) is 4.52 Å². The average molecular weight is 324 g/mol. The summed E-state index contributed by atoms with van der Waals surface area (Å²) < 4.78 is 33.2. The number of aromatic nitrogens is 2. The fraction of sp³-hybridized carbons (Fsp3) is 0.429. The molecule has 0 saturated carbocycles. The Morgan fingerprint density at radius 2 is 1.95 bits per heavy atom. The summed E-state index contributed by atoms with van der Waals surface area (Å²) in [5, 5.41) is 3.92. The minimum Gasteiger partial charge on any atom is -0.339 e. The molecule has 1 aromatic carbocycles. The van der Waals surface area contributed by atoms with Crippen LogP contribution in [0.3, 0.4) is 0 Å². The number of nitrogens with zero attached hydrogens (tertiary/aromatic N) is 2. The van der Waals surface area contributed by atoms with Gasteiger partial charge in [0.2, 0.25) is 11.7 Å². The smallest absolute Gasteiger partial charge is 0.277 e. The van der Waals surface area contributed by atoms with Gasteiger partial charge in [0.1, 0.15) is 0 Å². The second-order valence-corrected chi connectivity index (χ2v) is 6.68. The lowest BCUT2D eigenvalue weighted by Crippen LogP contribution is -2.40. The van der Waals surface area contributed by atoms with Crippen molar-refractivity contribution < 1.29 is 12.9 Å². The molecule has 8 heteroatoms. The van der Waals surface area contributed by atoms with Crippen molar-refractivity contribution in [3.8, 4) is 11.4 Å². The van der Waals surface area contributed by atoms with Crippen LogP contribution in [-0.4, -0.2) is 31.1 Å². The zero-order valence-corrected chi connectivity index (χ0v) is 13.4. The van der Waals surface area contributed by atoms with Crippen molar-refractivity contribution in [1.82, 2.24) is 19.6 Å². The van der Waals surface area contributed by atoms with Crippen LogP contribution in [-0.2, 0) is 16.6 Å². The van der Waals surface area contributed by atoms with Crippen molar-refractivity contribution in [2.45, 2.75) is 32.7 Å². The number of rotatable bonds is 8. The molecule has 0 unspecified atom stereocenters. The molecule has 2 aromatic rings. The molecule has 0 saturated heterocycles. The zero-order chi connectivity index (χ0) is 16.0. The Morgan fingerprint density at radius 1 is 1.23 bits per heavy atom. The summed E-state index contributed by atoms with van der Waals surface area (Å²) in [5.74, 6) is 1.03. The van der Waals surface area contributed by atoms with Gasteiger partial charge in [-0.2, -0.15) is 18.1 Å². The standard InChI is InChI=1S/C14H20N4O3S/c1-11(2)18-22(19,20)15-10-6-9-13-16-14(17-21-13)12-7-4-3-5-8-12/h3-5,7-8,11,15,18H,6,9-10H2,1-2H3. The molecule has 2 rings (SSSR count). The normalized spacial score (nSPS) is 12.0. The molecule has 0 spiro atoms. The van der Waals surface area contributed by atoms with E-state index in [1.807, 2.05) is 30.3 Å². The zero-order valence-electron chi connectivity index (χ0n) is 12.6. The highest BCUT2D eigenvalue weighted by Gasteiger charge is 2.11. The van der Waals surface area contributed by atoms with Crippen molar-refractivity contribution >= 4 is 10.2 Å². The fourth-order valence-corrected chi connectivity index (χ4v) is 2.98. The molecule has 120 valence electrons. The number of hydrogen-bond donors (Lipinski definition) is 2. The number of nitrogens with one attached hydrogen (secondary N) is 2. The quantitative estimate of drug-likeness (QED) is 0.717. The van der Waals surface area contributed by atoms with E-state index in [-0.39, 0.29) is 6.04 Å². The van der Waals surface area contributed by atoms with E-state index in [9.17, 15) is 8.42 Å². The molecule has 0 amide bonds. The van der Waals surface area contributed by atoms with Gasteiger partial charge >= 0.3 is 0 Å². The van der Waals surface area contributed by atoms with Gasteiger partial charge < -0.3 is 4.52 Å². The Kier molecular flexibility index (Phi) is 5.64. The Morgan fingerprint density at radius 3 is 2.64 bits per heavy atom. The summed E-state index contributed by atoms with van der Waals surface area (Å²) in [4.78, 5) is 4.29. The van der Waals surface area contributed by atoms with Crippen LogP contribution >= 0.6 is 0 Å². The molecule has 0 fully saturated rings. The molecule has 0 atom stereocenters. The molecule has 2 N–H and O–H groups in total. The van der Waals surface area contributed by atoms with E-state index in [1.165, 1.54) is 0 Å². The summed E-state index contributed by atoms with van der Waals surface area (Å²) in [6.45, 7) is 3.84. The fourth-order valence-electron chi connectivity index (χ4n) is 1.86. The molecule has 0 aliphatic carbocycles. The van der Waals surface area contributed by atoms with Crippen LogP contribution in [0.15, 0.2) is 34.9 Å². The van der Waals surface area contributed by atoms with Crippen LogP contribution in [0, 0.1) is 0 Å². The van der Waals surface area contributed by atoms with Crippen LogP contribution in [0.25, 0.3) is 11.4 Å². The van der Waals surface area contributed by atoms with Gasteiger partial charge in [-0.1, -0.05) is 35.5 Å². The molecule has 22 heavy (non-hydrogen) atoms. The van der Waals surface area contributed by atoms with Crippen molar-refractivity contribution in [1.29, 1.82) is 0 Å². The maximum Gasteiger partial charge on any atom is 0.277 e. The Balaban J connectivity index is 1.80. The minimum atomic E-state index is -3.44. The first kappa shape index (κ1) is 16.6. The van der Waals surface area contributed by atoms with Gasteiger partial charge in [0.05, 0.1) is 0 Å². The number of hydrogen-bond acceptors (Lipinski definition) is 5. The third kappa shape index (κ3) is 5.21. The van der Waals surface area contributed by atoms with Crippen LogP contribution in [0.1, 0.15) is 26.2 Å². The van der Waals surface area contributed by atoms with Gasteiger partial charge in [-0.25, -0.2) is 4.72 Å². The maximum atomic E-state index is 11.6. The lowest BCUT2D eigenvalue weighted by molar-refractivity contribution is 0.376. The van der Waals surface area contributed by atoms with Gasteiger partial charge in [0, 0.05) is 24.6 Å². The molecule has 7 nitrogen and oxygen atoms in total. The molecule has 0 bridgehead atoms. The predicted molar refractivity (Wildman–Crippen MR) is 83.2 cm³/mol. The molecule has 0 aliphatic heterocycles. The molecule has 0 radical (unpaired) electrons. The van der Waals surface area contributed by atoms with E-state index in [2.05, 4.69) is 19.6 Å². The molecule has 1 aromatic heterocycles. The summed E-state index contributed by atoms with van der Waals surface area (Å²) in [7, 11) is -3.44. The SMILES string of the molecule is CC(C)NS(=O)(=O)NCCCc1nc(-c2ccccc2)no1. The summed E-state index contributed by atoms with van der Waals surface area (Å²) in [6, 6.07) is 9.40. The topological polar surface area (TPSA) is 97.1 Å². The van der Waals surface area contributed by atoms with Crippen LogP contribution < -0.4 is 9.44 Å². The average Bonchev–Trinajstić information content (AvgIpc) is 2.92. The maximum absolute atomic E-state index is 11.6. The van der Waals surface area contributed by atoms with E-state index >= 15 is 0 Å². The Hall–Kier alpha value is -1.77. The third-order valence-electron chi connectivity index (χ3n) is 2.75. The lowest BCUT2D eigenvalue weighted by Gasteiger charge is -2.09. The van der Waals surface area contributed by atoms with Crippen LogP contribution in [0.5, 0.6) is 0 Å². The van der Waals surface area contributed by atoms with E-state index < -0.39 is 10.2 Å². The van der Waals surface area contributed by atoms with Gasteiger partial charge in [0.15, 0.2) is 0 Å². The van der Waals surface area contributed by atoms with Crippen molar-refractivity contribution in [3.63, 3.8) is 0 Å². The second kappa shape index (κ2) is 7.48. The number of aryl methyl sites for hydroxylation is 1. The molecular weight excluding hydrogens is 304 g/mol. The first-order chi connectivity index (χ1) is 10.5. The molecule has 0 aliphatic rings. The van der Waals surface area contributed by atoms with Crippen molar-refractivity contribution in [2.75, 3.05) is 6.54 Å². The molecular formula is C14H20N4O3S. The lowest BCUT2D eigenvalue weighted by atomic mass is 10.2. The largest absolute Gasteiger partial charge is 0.339 e. The summed E-state index contributed by atoms with van der Waals surface area (Å²) in [5.41, 5.74) is 0.888. The van der Waals surface area contributed by atoms with E-state index in [0.29, 0.717) is 31.1 Å². The highest BCUT2D eigenvalue weighted by atomic mass is 32.2. The van der Waals surface area contributed by atoms with Crippen LogP contribution in [0.2, 0.25) is 0 Å². The highest BCUT2D eigenvalue weighted by Crippen LogP contribution is 2.15. The summed E-state index contributed by atoms with van der Waals surface area (Å²) >= 11 is 0. The van der Waals surface area contributed by atoms with E-state index in [0.717, 1.165) is 5.56 Å². The van der Waals surface area contributed by atoms with Crippen LogP contribution in [0.4, 0.5) is 0 Å². The first-order valence-electron chi connectivity index (χ1n) is 7.11. The van der Waals surface area contributed by atoms with Crippen molar-refractivity contribution in [3.05, 3.63) is 36.2 Å². The Labute approximate surface area is 130 Å². The minimum absolute atomic E-state index is 0.137. The Bertz CT molecular complexity index is 683. The van der Waals surface area contributed by atoms with E-state index in [1.54, 1.807) is 13.8 Å². The van der Waals surface area contributed by atoms with Gasteiger partial charge in [-0.05, 0) is 20.3 Å². The predicted octanol–water partition coefficient (Wildman–Crippen LogP) is 1.50. The highest BCUT2D eigenvalue weighted by molar-refractivity contribution is 7.87. The number of benzene rings is 1.